The Kier molecular flexibility index (Phi) is 3.80. The van der Waals surface area contributed by atoms with Gasteiger partial charge in [0.1, 0.15) is 5.82 Å². The summed E-state index contributed by atoms with van der Waals surface area (Å²) < 4.78 is 24.4. The lowest BCUT2D eigenvalue weighted by molar-refractivity contribution is -0.141. The van der Waals surface area contributed by atoms with Crippen molar-refractivity contribution in [3.63, 3.8) is 0 Å². The fourth-order valence-electron chi connectivity index (χ4n) is 3.25. The van der Waals surface area contributed by atoms with Crippen molar-refractivity contribution in [2.24, 2.45) is 5.92 Å². The van der Waals surface area contributed by atoms with Crippen LogP contribution in [0.1, 0.15) is 35.8 Å². The molecule has 2 aromatic rings. The smallest absolute Gasteiger partial charge is 0.246 e. The van der Waals surface area contributed by atoms with E-state index in [-0.39, 0.29) is 29.7 Å². The highest BCUT2D eigenvalue weighted by Gasteiger charge is 2.46. The van der Waals surface area contributed by atoms with Crippen LogP contribution >= 0.6 is 0 Å². The maximum Gasteiger partial charge on any atom is 0.246 e. The Morgan fingerprint density at radius 1 is 1.38 bits per heavy atom. The van der Waals surface area contributed by atoms with Gasteiger partial charge in [0.2, 0.25) is 17.7 Å². The van der Waals surface area contributed by atoms with Crippen molar-refractivity contribution in [1.82, 2.24) is 15.1 Å². The minimum atomic E-state index is -0.379. The molecule has 2 heterocycles. The molecule has 1 aliphatic heterocycles. The summed E-state index contributed by atoms with van der Waals surface area (Å²) in [7, 11) is 0. The van der Waals surface area contributed by atoms with E-state index in [0.29, 0.717) is 31.5 Å². The fourth-order valence-corrected chi connectivity index (χ4v) is 3.25. The summed E-state index contributed by atoms with van der Waals surface area (Å²) in [6, 6.07) is 6.50. The Bertz CT molecular complexity index is 763. The minimum Gasteiger partial charge on any atom is -0.423 e. The molecule has 1 amide bonds. The number of hydrogen-bond donors (Lipinski definition) is 0. The molecule has 6 nitrogen and oxygen atoms in total. The summed E-state index contributed by atoms with van der Waals surface area (Å²) >= 11 is 0. The van der Waals surface area contributed by atoms with E-state index >= 15 is 0 Å². The Labute approximate surface area is 138 Å². The summed E-state index contributed by atoms with van der Waals surface area (Å²) in [5.74, 6) is 0.751. The summed E-state index contributed by atoms with van der Waals surface area (Å²) in [6.07, 6.45) is 0.388. The van der Waals surface area contributed by atoms with Crippen LogP contribution < -0.4 is 0 Å². The first-order chi connectivity index (χ1) is 11.6. The third kappa shape index (κ3) is 2.91. The van der Waals surface area contributed by atoms with Crippen LogP contribution in [0, 0.1) is 18.7 Å². The molecule has 1 aromatic heterocycles. The molecule has 3 atom stereocenters. The van der Waals surface area contributed by atoms with Crippen LogP contribution in [0.2, 0.25) is 0 Å². The van der Waals surface area contributed by atoms with Gasteiger partial charge in [-0.15, -0.1) is 10.2 Å². The van der Waals surface area contributed by atoms with E-state index in [1.165, 1.54) is 12.1 Å². The molecule has 0 bridgehead atoms. The number of aryl methyl sites for hydroxylation is 1. The molecule has 24 heavy (non-hydrogen) atoms. The van der Waals surface area contributed by atoms with E-state index < -0.39 is 0 Å². The first-order valence-corrected chi connectivity index (χ1v) is 8.07. The molecular formula is C17H18FN3O3. The van der Waals surface area contributed by atoms with Gasteiger partial charge in [-0.1, -0.05) is 12.1 Å². The summed E-state index contributed by atoms with van der Waals surface area (Å²) in [4.78, 5) is 14.5. The molecule has 1 saturated carbocycles. The highest BCUT2D eigenvalue weighted by molar-refractivity contribution is 5.83. The molecule has 4 rings (SSSR count). The number of morpholine rings is 1. The number of amides is 1. The molecule has 1 saturated heterocycles. The van der Waals surface area contributed by atoms with Gasteiger partial charge in [0, 0.05) is 19.4 Å². The molecule has 2 fully saturated rings. The van der Waals surface area contributed by atoms with Crippen molar-refractivity contribution in [1.29, 1.82) is 0 Å². The van der Waals surface area contributed by atoms with Crippen LogP contribution in [0.3, 0.4) is 0 Å². The van der Waals surface area contributed by atoms with Gasteiger partial charge in [-0.3, -0.25) is 4.79 Å². The van der Waals surface area contributed by atoms with Gasteiger partial charge in [0.15, 0.2) is 6.10 Å². The van der Waals surface area contributed by atoms with Gasteiger partial charge >= 0.3 is 0 Å². The van der Waals surface area contributed by atoms with Crippen molar-refractivity contribution < 1.29 is 18.3 Å². The second-order valence-electron chi connectivity index (χ2n) is 6.31. The zero-order chi connectivity index (χ0) is 16.7. The topological polar surface area (TPSA) is 68.5 Å². The van der Waals surface area contributed by atoms with Crippen molar-refractivity contribution in [3.05, 3.63) is 47.4 Å². The molecule has 0 spiro atoms. The SMILES string of the molecule is Cc1nnc([C@@H]2CN(C(=O)[C@H]3C[C@H]3c3cccc(F)c3)CCO2)o1. The number of hydrogen-bond acceptors (Lipinski definition) is 5. The zero-order valence-corrected chi connectivity index (χ0v) is 13.3. The van der Waals surface area contributed by atoms with Crippen molar-refractivity contribution >= 4 is 5.91 Å². The molecule has 126 valence electrons. The monoisotopic (exact) mass is 331 g/mol. The Hall–Kier alpha value is -2.28. The summed E-state index contributed by atoms with van der Waals surface area (Å²) in [5, 5.41) is 7.78. The summed E-state index contributed by atoms with van der Waals surface area (Å²) in [5.41, 5.74) is 0.894. The predicted molar refractivity (Wildman–Crippen MR) is 81.6 cm³/mol. The van der Waals surface area contributed by atoms with Gasteiger partial charge in [0.25, 0.3) is 0 Å². The first kappa shape index (κ1) is 15.3. The number of rotatable bonds is 3. The predicted octanol–water partition coefficient (Wildman–Crippen LogP) is 2.22. The zero-order valence-electron chi connectivity index (χ0n) is 13.3. The third-order valence-corrected chi connectivity index (χ3v) is 4.58. The van der Waals surface area contributed by atoms with E-state index in [4.69, 9.17) is 9.15 Å². The molecule has 1 aliphatic carbocycles. The van der Waals surface area contributed by atoms with Crippen LogP contribution in [0.25, 0.3) is 0 Å². The van der Waals surface area contributed by atoms with Crippen LogP contribution in [0.4, 0.5) is 4.39 Å². The number of nitrogens with zero attached hydrogens (tertiary/aromatic N) is 3. The fraction of sp³-hybridized carbons (Fsp3) is 0.471. The normalized spacial score (nSPS) is 26.4. The van der Waals surface area contributed by atoms with Crippen molar-refractivity contribution in [2.45, 2.75) is 25.4 Å². The van der Waals surface area contributed by atoms with Crippen molar-refractivity contribution in [2.75, 3.05) is 19.7 Å². The molecule has 0 unspecified atom stereocenters. The number of carbonyl (C=O) groups excluding carboxylic acids is 1. The van der Waals surface area contributed by atoms with Crippen LogP contribution in [0.15, 0.2) is 28.7 Å². The van der Waals surface area contributed by atoms with E-state index in [9.17, 15) is 9.18 Å². The van der Waals surface area contributed by atoms with Gasteiger partial charge in [-0.25, -0.2) is 4.39 Å². The van der Waals surface area contributed by atoms with Crippen molar-refractivity contribution in [3.8, 4) is 0 Å². The lowest BCUT2D eigenvalue weighted by Crippen LogP contribution is -2.43. The molecule has 1 aromatic carbocycles. The van der Waals surface area contributed by atoms with E-state index in [1.54, 1.807) is 17.9 Å². The lowest BCUT2D eigenvalue weighted by Gasteiger charge is -2.31. The quantitative estimate of drug-likeness (QED) is 0.863. The molecule has 2 aliphatic rings. The Morgan fingerprint density at radius 3 is 3.00 bits per heavy atom. The second-order valence-corrected chi connectivity index (χ2v) is 6.31. The Balaban J connectivity index is 1.42. The van der Waals surface area contributed by atoms with E-state index in [2.05, 4.69) is 10.2 Å². The number of halogens is 1. The number of carbonyl (C=O) groups is 1. The standard InChI is InChI=1S/C17H18FN3O3/c1-10-19-20-16(24-10)15-9-21(5-6-23-15)17(22)14-8-13(14)11-3-2-4-12(18)7-11/h2-4,7,13-15H,5-6,8-9H2,1H3/t13-,14-,15-/m0/s1. The second kappa shape index (κ2) is 5.98. The number of benzene rings is 1. The average Bonchev–Trinajstić information content (AvgIpc) is 3.28. The average molecular weight is 331 g/mol. The van der Waals surface area contributed by atoms with Crippen LogP contribution in [-0.2, 0) is 9.53 Å². The molecule has 0 radical (unpaired) electrons. The van der Waals surface area contributed by atoms with Gasteiger partial charge in [-0.2, -0.15) is 0 Å². The molecule has 7 heteroatoms. The number of ether oxygens (including phenoxy) is 1. The maximum atomic E-state index is 13.3. The first-order valence-electron chi connectivity index (χ1n) is 8.07. The van der Waals surface area contributed by atoms with Crippen LogP contribution in [0.5, 0.6) is 0 Å². The molecule has 0 N–H and O–H groups in total. The Morgan fingerprint density at radius 2 is 2.25 bits per heavy atom. The number of aromatic nitrogens is 2. The van der Waals surface area contributed by atoms with Gasteiger partial charge in [-0.05, 0) is 30.0 Å². The lowest BCUT2D eigenvalue weighted by atomic mass is 10.1. The van der Waals surface area contributed by atoms with Gasteiger partial charge < -0.3 is 14.1 Å². The molecular weight excluding hydrogens is 313 g/mol. The van der Waals surface area contributed by atoms with Crippen LogP contribution in [-0.4, -0.2) is 40.7 Å². The largest absolute Gasteiger partial charge is 0.423 e. The van der Waals surface area contributed by atoms with E-state index in [1.807, 2.05) is 6.07 Å². The van der Waals surface area contributed by atoms with E-state index in [0.717, 1.165) is 12.0 Å². The van der Waals surface area contributed by atoms with Gasteiger partial charge in [0.05, 0.1) is 13.2 Å². The highest BCUT2D eigenvalue weighted by atomic mass is 19.1. The summed E-state index contributed by atoms with van der Waals surface area (Å²) in [6.45, 7) is 3.12. The highest BCUT2D eigenvalue weighted by Crippen LogP contribution is 2.48. The minimum absolute atomic E-state index is 0.0741. The third-order valence-electron chi connectivity index (χ3n) is 4.58. The maximum absolute atomic E-state index is 13.3.